The lowest BCUT2D eigenvalue weighted by molar-refractivity contribution is 0.296. The lowest BCUT2D eigenvalue weighted by Gasteiger charge is -2.23. The van der Waals surface area contributed by atoms with Gasteiger partial charge in [-0.15, -0.1) is 0 Å². The van der Waals surface area contributed by atoms with Crippen LogP contribution >= 0.6 is 0 Å². The number of benzene rings is 1. The summed E-state index contributed by atoms with van der Waals surface area (Å²) in [7, 11) is 0. The molecule has 0 atom stereocenters. The average Bonchev–Trinajstić information content (AvgIpc) is 2.54. The first-order chi connectivity index (χ1) is 11.2. The van der Waals surface area contributed by atoms with Crippen LogP contribution in [0.5, 0.6) is 5.75 Å². The molecule has 7 heteroatoms. The highest BCUT2D eigenvalue weighted by atomic mass is 16.5. The molecule has 1 aromatic carbocycles. The minimum absolute atomic E-state index is 0.100. The van der Waals surface area contributed by atoms with E-state index in [-0.39, 0.29) is 18.5 Å². The van der Waals surface area contributed by atoms with Gasteiger partial charge < -0.3 is 21.5 Å². The highest BCUT2D eigenvalue weighted by Gasteiger charge is 2.12. The van der Waals surface area contributed by atoms with Gasteiger partial charge in [-0.2, -0.15) is 15.0 Å². The SMILES string of the molecule is Nc1nc(N)nc(COc2ccc(NC3CCCCC3)cc2)n1. The molecule has 23 heavy (non-hydrogen) atoms. The molecule has 0 spiro atoms. The molecule has 122 valence electrons. The summed E-state index contributed by atoms with van der Waals surface area (Å²) in [6, 6.07) is 8.50. The molecule has 7 nitrogen and oxygen atoms in total. The summed E-state index contributed by atoms with van der Waals surface area (Å²) in [5.74, 6) is 1.36. The number of nitrogen functional groups attached to an aromatic ring is 2. The van der Waals surface area contributed by atoms with Gasteiger partial charge in [-0.1, -0.05) is 19.3 Å². The molecular weight excluding hydrogens is 292 g/mol. The molecule has 1 aliphatic rings. The van der Waals surface area contributed by atoms with Gasteiger partial charge in [0.25, 0.3) is 0 Å². The molecule has 3 rings (SSSR count). The predicted octanol–water partition coefficient (Wildman–Crippen LogP) is 2.36. The van der Waals surface area contributed by atoms with E-state index >= 15 is 0 Å². The zero-order chi connectivity index (χ0) is 16.1. The highest BCUT2D eigenvalue weighted by molar-refractivity contribution is 5.47. The molecule has 1 fully saturated rings. The van der Waals surface area contributed by atoms with Crippen molar-refractivity contribution >= 4 is 17.6 Å². The van der Waals surface area contributed by atoms with Crippen molar-refractivity contribution in [3.8, 4) is 5.75 Å². The number of hydrogen-bond donors (Lipinski definition) is 3. The fourth-order valence-electron chi connectivity index (χ4n) is 2.80. The topological polar surface area (TPSA) is 112 Å². The summed E-state index contributed by atoms with van der Waals surface area (Å²) >= 11 is 0. The molecule has 0 aliphatic heterocycles. The van der Waals surface area contributed by atoms with Crippen molar-refractivity contribution in [2.75, 3.05) is 16.8 Å². The Bertz CT molecular complexity index is 619. The van der Waals surface area contributed by atoms with Gasteiger partial charge >= 0.3 is 0 Å². The zero-order valence-corrected chi connectivity index (χ0v) is 13.0. The number of nitrogens with zero attached hydrogens (tertiary/aromatic N) is 3. The van der Waals surface area contributed by atoms with E-state index in [1.807, 2.05) is 24.3 Å². The van der Waals surface area contributed by atoms with Gasteiger partial charge in [0.05, 0.1) is 0 Å². The monoisotopic (exact) mass is 314 g/mol. The van der Waals surface area contributed by atoms with Crippen molar-refractivity contribution in [1.82, 2.24) is 15.0 Å². The molecule has 0 unspecified atom stereocenters. The van der Waals surface area contributed by atoms with Crippen LogP contribution in [0.2, 0.25) is 0 Å². The zero-order valence-electron chi connectivity index (χ0n) is 13.0. The van der Waals surface area contributed by atoms with E-state index in [9.17, 15) is 0 Å². The lowest BCUT2D eigenvalue weighted by atomic mass is 9.95. The minimum Gasteiger partial charge on any atom is -0.486 e. The molecule has 0 bridgehead atoms. The standard InChI is InChI=1S/C16H22N6O/c17-15-20-14(21-16(18)22-15)10-23-13-8-6-12(7-9-13)19-11-4-2-1-3-5-11/h6-9,11,19H,1-5,10H2,(H4,17,18,20,21,22). The summed E-state index contributed by atoms with van der Waals surface area (Å²) in [6.45, 7) is 0.201. The first-order valence-electron chi connectivity index (χ1n) is 7.94. The third-order valence-electron chi connectivity index (χ3n) is 3.91. The summed E-state index contributed by atoms with van der Waals surface area (Å²) in [4.78, 5) is 11.7. The molecule has 0 saturated heterocycles. The number of rotatable bonds is 5. The summed E-state index contributed by atoms with van der Waals surface area (Å²) in [5.41, 5.74) is 12.2. The first-order valence-corrected chi connectivity index (χ1v) is 7.94. The van der Waals surface area contributed by atoms with Crippen LogP contribution in [-0.4, -0.2) is 21.0 Å². The quantitative estimate of drug-likeness (QED) is 0.776. The Labute approximate surface area is 135 Å². The normalized spacial score (nSPS) is 15.3. The fraction of sp³-hybridized carbons (Fsp3) is 0.438. The molecule has 0 radical (unpaired) electrons. The fourth-order valence-corrected chi connectivity index (χ4v) is 2.80. The van der Waals surface area contributed by atoms with E-state index in [0.29, 0.717) is 11.9 Å². The van der Waals surface area contributed by atoms with Gasteiger partial charge in [0.2, 0.25) is 11.9 Å². The number of anilines is 3. The van der Waals surface area contributed by atoms with Crippen LogP contribution in [0.3, 0.4) is 0 Å². The van der Waals surface area contributed by atoms with E-state index < -0.39 is 0 Å². The third kappa shape index (κ3) is 4.45. The maximum Gasteiger partial charge on any atom is 0.225 e. The third-order valence-corrected chi connectivity index (χ3v) is 3.91. The van der Waals surface area contributed by atoms with E-state index in [1.54, 1.807) is 0 Å². The van der Waals surface area contributed by atoms with E-state index in [4.69, 9.17) is 16.2 Å². The molecule has 2 aromatic rings. The van der Waals surface area contributed by atoms with Crippen molar-refractivity contribution in [3.05, 3.63) is 30.1 Å². The largest absolute Gasteiger partial charge is 0.486 e. The summed E-state index contributed by atoms with van der Waals surface area (Å²) in [5, 5.41) is 3.58. The summed E-state index contributed by atoms with van der Waals surface area (Å²) in [6.07, 6.45) is 6.49. The minimum atomic E-state index is 0.100. The second-order valence-corrected chi connectivity index (χ2v) is 5.76. The van der Waals surface area contributed by atoms with Crippen LogP contribution < -0.4 is 21.5 Å². The maximum atomic E-state index is 5.66. The van der Waals surface area contributed by atoms with E-state index in [0.717, 1.165) is 11.4 Å². The molecule has 0 amide bonds. The Balaban J connectivity index is 1.54. The van der Waals surface area contributed by atoms with Crippen molar-refractivity contribution in [2.24, 2.45) is 0 Å². The van der Waals surface area contributed by atoms with Gasteiger partial charge in [-0.25, -0.2) is 0 Å². The van der Waals surface area contributed by atoms with E-state index in [2.05, 4.69) is 20.3 Å². The number of ether oxygens (including phenoxy) is 1. The molecule has 5 N–H and O–H groups in total. The Morgan fingerprint density at radius 3 is 2.26 bits per heavy atom. The smallest absolute Gasteiger partial charge is 0.225 e. The second-order valence-electron chi connectivity index (χ2n) is 5.76. The van der Waals surface area contributed by atoms with Crippen molar-refractivity contribution in [3.63, 3.8) is 0 Å². The summed E-state index contributed by atoms with van der Waals surface area (Å²) < 4.78 is 5.66. The number of aromatic nitrogens is 3. The first kappa shape index (κ1) is 15.3. The lowest BCUT2D eigenvalue weighted by Crippen LogP contribution is -2.22. The van der Waals surface area contributed by atoms with Crippen LogP contribution in [0.4, 0.5) is 17.6 Å². The highest BCUT2D eigenvalue weighted by Crippen LogP contribution is 2.23. The average molecular weight is 314 g/mol. The second kappa shape index (κ2) is 7.13. The Kier molecular flexibility index (Phi) is 4.75. The van der Waals surface area contributed by atoms with Gasteiger partial charge in [-0.05, 0) is 37.1 Å². The molecular formula is C16H22N6O. The van der Waals surface area contributed by atoms with Gasteiger partial charge in [0, 0.05) is 11.7 Å². The number of hydrogen-bond acceptors (Lipinski definition) is 7. The van der Waals surface area contributed by atoms with Crippen molar-refractivity contribution in [2.45, 2.75) is 44.8 Å². The van der Waals surface area contributed by atoms with Gasteiger partial charge in [0.1, 0.15) is 12.4 Å². The molecule has 1 saturated carbocycles. The Morgan fingerprint density at radius 1 is 0.957 bits per heavy atom. The molecule has 1 heterocycles. The van der Waals surface area contributed by atoms with Crippen LogP contribution in [0.15, 0.2) is 24.3 Å². The van der Waals surface area contributed by atoms with E-state index in [1.165, 1.54) is 32.1 Å². The van der Waals surface area contributed by atoms with Gasteiger partial charge in [-0.3, -0.25) is 0 Å². The maximum absolute atomic E-state index is 5.66. The Hall–Kier alpha value is -2.57. The Morgan fingerprint density at radius 2 is 1.61 bits per heavy atom. The number of nitrogens with one attached hydrogen (secondary N) is 1. The van der Waals surface area contributed by atoms with Gasteiger partial charge in [0.15, 0.2) is 5.82 Å². The van der Waals surface area contributed by atoms with Crippen LogP contribution in [0.1, 0.15) is 37.9 Å². The molecule has 1 aromatic heterocycles. The van der Waals surface area contributed by atoms with Crippen LogP contribution in [0, 0.1) is 0 Å². The van der Waals surface area contributed by atoms with Crippen LogP contribution in [-0.2, 0) is 6.61 Å². The van der Waals surface area contributed by atoms with Crippen molar-refractivity contribution in [1.29, 1.82) is 0 Å². The van der Waals surface area contributed by atoms with Crippen molar-refractivity contribution < 1.29 is 4.74 Å². The van der Waals surface area contributed by atoms with Crippen LogP contribution in [0.25, 0.3) is 0 Å². The molecule has 1 aliphatic carbocycles. The number of nitrogens with two attached hydrogens (primary N) is 2. The predicted molar refractivity (Wildman–Crippen MR) is 89.9 cm³/mol.